The lowest BCUT2D eigenvalue weighted by molar-refractivity contribution is 0.224. The smallest absolute Gasteiger partial charge is 0.0758 e. The quantitative estimate of drug-likeness (QED) is 0.675. The first kappa shape index (κ1) is 9.01. The molecule has 0 aliphatic rings. The maximum absolute atomic E-state index is 9.26. The standard InChI is InChI=1S/C11H14O/c1-3-11(12)8-10-6-4-9(2)5-7-10/h3-7,11-12H,1,8H2,2H3. The SMILES string of the molecule is C=CC(O)Cc1ccc(C)cc1. The highest BCUT2D eigenvalue weighted by Crippen LogP contribution is 2.06. The van der Waals surface area contributed by atoms with Gasteiger partial charge in [0.05, 0.1) is 6.10 Å². The van der Waals surface area contributed by atoms with Crippen molar-refractivity contribution >= 4 is 0 Å². The minimum atomic E-state index is -0.423. The number of hydrogen-bond acceptors (Lipinski definition) is 1. The van der Waals surface area contributed by atoms with E-state index in [1.807, 2.05) is 31.2 Å². The molecule has 1 aromatic carbocycles. The van der Waals surface area contributed by atoms with Gasteiger partial charge in [-0.1, -0.05) is 35.9 Å². The molecule has 0 amide bonds. The molecule has 1 heteroatoms. The molecular weight excluding hydrogens is 148 g/mol. The zero-order valence-corrected chi connectivity index (χ0v) is 7.33. The lowest BCUT2D eigenvalue weighted by Gasteiger charge is -2.04. The van der Waals surface area contributed by atoms with Gasteiger partial charge in [0.25, 0.3) is 0 Å². The van der Waals surface area contributed by atoms with Crippen LogP contribution < -0.4 is 0 Å². The van der Waals surface area contributed by atoms with Gasteiger partial charge in [0.2, 0.25) is 0 Å². The fourth-order valence-electron chi connectivity index (χ4n) is 1.05. The molecule has 0 radical (unpaired) electrons. The van der Waals surface area contributed by atoms with E-state index in [4.69, 9.17) is 0 Å². The zero-order valence-electron chi connectivity index (χ0n) is 7.33. The van der Waals surface area contributed by atoms with Crippen LogP contribution in [0.15, 0.2) is 36.9 Å². The van der Waals surface area contributed by atoms with Crippen molar-refractivity contribution < 1.29 is 5.11 Å². The van der Waals surface area contributed by atoms with Crippen LogP contribution in [0.1, 0.15) is 11.1 Å². The van der Waals surface area contributed by atoms with Crippen molar-refractivity contribution in [3.63, 3.8) is 0 Å². The lowest BCUT2D eigenvalue weighted by atomic mass is 10.1. The Morgan fingerprint density at radius 1 is 1.42 bits per heavy atom. The number of aliphatic hydroxyl groups is 1. The maximum atomic E-state index is 9.26. The van der Waals surface area contributed by atoms with E-state index in [2.05, 4.69) is 6.58 Å². The van der Waals surface area contributed by atoms with Crippen LogP contribution in [0.3, 0.4) is 0 Å². The summed E-state index contributed by atoms with van der Waals surface area (Å²) in [6.07, 6.45) is 1.79. The van der Waals surface area contributed by atoms with Crippen LogP contribution in [-0.4, -0.2) is 11.2 Å². The Labute approximate surface area is 73.4 Å². The number of hydrogen-bond donors (Lipinski definition) is 1. The van der Waals surface area contributed by atoms with Crippen molar-refractivity contribution in [3.05, 3.63) is 48.0 Å². The van der Waals surface area contributed by atoms with E-state index in [0.717, 1.165) is 5.56 Å². The van der Waals surface area contributed by atoms with Gasteiger partial charge in [0, 0.05) is 6.42 Å². The lowest BCUT2D eigenvalue weighted by Crippen LogP contribution is -2.05. The van der Waals surface area contributed by atoms with Gasteiger partial charge in [-0.25, -0.2) is 0 Å². The molecular formula is C11H14O. The second kappa shape index (κ2) is 4.07. The highest BCUT2D eigenvalue weighted by atomic mass is 16.3. The molecule has 12 heavy (non-hydrogen) atoms. The molecule has 1 unspecified atom stereocenters. The molecule has 0 aliphatic heterocycles. The summed E-state index contributed by atoms with van der Waals surface area (Å²) >= 11 is 0. The Kier molecular flexibility index (Phi) is 3.06. The molecule has 0 fully saturated rings. The summed E-state index contributed by atoms with van der Waals surface area (Å²) in [7, 11) is 0. The average molecular weight is 162 g/mol. The fourth-order valence-corrected chi connectivity index (χ4v) is 1.05. The van der Waals surface area contributed by atoms with Crippen LogP contribution >= 0.6 is 0 Å². The third-order valence-electron chi connectivity index (χ3n) is 1.84. The van der Waals surface area contributed by atoms with Crippen molar-refractivity contribution in [2.75, 3.05) is 0 Å². The summed E-state index contributed by atoms with van der Waals surface area (Å²) in [6.45, 7) is 5.57. The highest BCUT2D eigenvalue weighted by molar-refractivity contribution is 5.22. The number of rotatable bonds is 3. The van der Waals surface area contributed by atoms with E-state index in [1.165, 1.54) is 5.56 Å². The summed E-state index contributed by atoms with van der Waals surface area (Å²) in [5.41, 5.74) is 2.39. The highest BCUT2D eigenvalue weighted by Gasteiger charge is 1.99. The molecule has 0 bridgehead atoms. The van der Waals surface area contributed by atoms with E-state index in [1.54, 1.807) is 6.08 Å². The molecule has 64 valence electrons. The Morgan fingerprint density at radius 3 is 2.50 bits per heavy atom. The molecule has 0 spiro atoms. The fraction of sp³-hybridized carbons (Fsp3) is 0.273. The molecule has 1 rings (SSSR count). The van der Waals surface area contributed by atoms with Crippen molar-refractivity contribution in [1.29, 1.82) is 0 Å². The number of aliphatic hydroxyl groups excluding tert-OH is 1. The summed E-state index contributed by atoms with van der Waals surface area (Å²) in [5, 5.41) is 9.26. The number of benzene rings is 1. The normalized spacial score (nSPS) is 12.5. The third-order valence-corrected chi connectivity index (χ3v) is 1.84. The Bertz CT molecular complexity index is 248. The number of aryl methyl sites for hydroxylation is 1. The van der Waals surface area contributed by atoms with Crippen molar-refractivity contribution in [2.45, 2.75) is 19.4 Å². The molecule has 0 aromatic heterocycles. The van der Waals surface area contributed by atoms with Gasteiger partial charge in [-0.3, -0.25) is 0 Å². The van der Waals surface area contributed by atoms with Crippen LogP contribution in [0.4, 0.5) is 0 Å². The van der Waals surface area contributed by atoms with Crippen molar-refractivity contribution in [2.24, 2.45) is 0 Å². The van der Waals surface area contributed by atoms with E-state index in [9.17, 15) is 5.11 Å². The van der Waals surface area contributed by atoms with Gasteiger partial charge in [0.15, 0.2) is 0 Å². The van der Waals surface area contributed by atoms with Crippen LogP contribution in [0.5, 0.6) is 0 Å². The average Bonchev–Trinajstić information content (AvgIpc) is 2.09. The van der Waals surface area contributed by atoms with Crippen molar-refractivity contribution in [1.82, 2.24) is 0 Å². The molecule has 1 aromatic rings. The van der Waals surface area contributed by atoms with Gasteiger partial charge >= 0.3 is 0 Å². The van der Waals surface area contributed by atoms with Crippen LogP contribution in [0.2, 0.25) is 0 Å². The molecule has 0 saturated carbocycles. The largest absolute Gasteiger partial charge is 0.389 e. The summed E-state index contributed by atoms with van der Waals surface area (Å²) in [4.78, 5) is 0. The second-order valence-corrected chi connectivity index (χ2v) is 2.99. The van der Waals surface area contributed by atoms with E-state index in [-0.39, 0.29) is 0 Å². The first-order valence-corrected chi connectivity index (χ1v) is 4.08. The Morgan fingerprint density at radius 2 is 2.00 bits per heavy atom. The van der Waals surface area contributed by atoms with Crippen molar-refractivity contribution in [3.8, 4) is 0 Å². The molecule has 1 N–H and O–H groups in total. The second-order valence-electron chi connectivity index (χ2n) is 2.99. The van der Waals surface area contributed by atoms with E-state index >= 15 is 0 Å². The molecule has 1 nitrogen and oxygen atoms in total. The van der Waals surface area contributed by atoms with Gasteiger partial charge < -0.3 is 5.11 Å². The topological polar surface area (TPSA) is 20.2 Å². The monoisotopic (exact) mass is 162 g/mol. The first-order chi connectivity index (χ1) is 5.72. The summed E-state index contributed by atoms with van der Waals surface area (Å²) in [5.74, 6) is 0. The van der Waals surface area contributed by atoms with Gasteiger partial charge in [0.1, 0.15) is 0 Å². The molecule has 1 atom stereocenters. The minimum Gasteiger partial charge on any atom is -0.389 e. The first-order valence-electron chi connectivity index (χ1n) is 4.08. The van der Waals surface area contributed by atoms with Gasteiger partial charge in [-0.15, -0.1) is 6.58 Å². The van der Waals surface area contributed by atoms with E-state index in [0.29, 0.717) is 6.42 Å². The molecule has 0 saturated heterocycles. The predicted molar refractivity (Wildman–Crippen MR) is 51.1 cm³/mol. The summed E-state index contributed by atoms with van der Waals surface area (Å²) < 4.78 is 0. The maximum Gasteiger partial charge on any atom is 0.0758 e. The van der Waals surface area contributed by atoms with Gasteiger partial charge in [-0.05, 0) is 12.5 Å². The minimum absolute atomic E-state index is 0.423. The predicted octanol–water partition coefficient (Wildman–Crippen LogP) is 2.08. The Hall–Kier alpha value is -1.08. The van der Waals surface area contributed by atoms with Crippen LogP contribution in [0.25, 0.3) is 0 Å². The molecule has 0 aliphatic carbocycles. The third kappa shape index (κ3) is 2.51. The Balaban J connectivity index is 2.64. The van der Waals surface area contributed by atoms with Crippen LogP contribution in [-0.2, 0) is 6.42 Å². The summed E-state index contributed by atoms with van der Waals surface area (Å²) in [6, 6.07) is 8.15. The van der Waals surface area contributed by atoms with Gasteiger partial charge in [-0.2, -0.15) is 0 Å². The molecule has 0 heterocycles. The zero-order chi connectivity index (χ0) is 8.97. The van der Waals surface area contributed by atoms with Crippen LogP contribution in [0, 0.1) is 6.92 Å². The van der Waals surface area contributed by atoms with E-state index < -0.39 is 6.10 Å².